The zero-order valence-electron chi connectivity index (χ0n) is 13.8. The van der Waals surface area contributed by atoms with E-state index in [9.17, 15) is 0 Å². The molecule has 3 aromatic rings. The number of benzene rings is 1. The van der Waals surface area contributed by atoms with Crippen molar-refractivity contribution in [3.05, 3.63) is 53.3 Å². The molecule has 1 aliphatic rings. The van der Waals surface area contributed by atoms with E-state index in [0.29, 0.717) is 13.1 Å². The lowest BCUT2D eigenvalue weighted by Crippen LogP contribution is -2.42. The van der Waals surface area contributed by atoms with Crippen molar-refractivity contribution in [2.24, 2.45) is 4.99 Å². The second kappa shape index (κ2) is 8.05. The number of thiazole rings is 1. The van der Waals surface area contributed by atoms with E-state index < -0.39 is 0 Å². The van der Waals surface area contributed by atoms with Gasteiger partial charge < -0.3 is 15.4 Å². The molecule has 1 unspecified atom stereocenters. The topological polar surface area (TPSA) is 63.0 Å². The third kappa shape index (κ3) is 4.06. The van der Waals surface area contributed by atoms with Crippen LogP contribution in [-0.2, 0) is 13.0 Å². The summed E-state index contributed by atoms with van der Waals surface area (Å²) in [4.78, 5) is 9.82. The molecule has 4 rings (SSSR count). The molecule has 1 aliphatic heterocycles. The summed E-state index contributed by atoms with van der Waals surface area (Å²) >= 11 is 1.63. The van der Waals surface area contributed by atoms with Gasteiger partial charge in [0.2, 0.25) is 0 Å². The Balaban J connectivity index is 0.00000182. The average molecular weight is 469 g/mol. The Morgan fingerprint density at radius 2 is 2.28 bits per heavy atom. The summed E-state index contributed by atoms with van der Waals surface area (Å²) in [5.41, 5.74) is 2.26. The maximum Gasteiger partial charge on any atom is 0.193 e. The number of nitrogens with one attached hydrogen (secondary N) is 2. The van der Waals surface area contributed by atoms with Crippen LogP contribution in [0.4, 0.5) is 0 Å². The van der Waals surface area contributed by atoms with Crippen molar-refractivity contribution in [2.45, 2.75) is 19.1 Å². The third-order valence-corrected chi connectivity index (χ3v) is 4.79. The van der Waals surface area contributed by atoms with Gasteiger partial charge in [-0.3, -0.25) is 9.39 Å². The molecule has 2 N–H and O–H groups in total. The van der Waals surface area contributed by atoms with E-state index in [2.05, 4.69) is 26.7 Å². The monoisotopic (exact) mass is 469 g/mol. The van der Waals surface area contributed by atoms with Crippen LogP contribution in [-0.4, -0.2) is 35.0 Å². The molecule has 0 saturated heterocycles. The Bertz CT molecular complexity index is 821. The highest BCUT2D eigenvalue weighted by atomic mass is 127. The fourth-order valence-electron chi connectivity index (χ4n) is 2.83. The zero-order chi connectivity index (χ0) is 16.4. The highest BCUT2D eigenvalue weighted by Crippen LogP contribution is 2.27. The minimum Gasteiger partial charge on any atom is -0.488 e. The van der Waals surface area contributed by atoms with E-state index in [1.807, 2.05) is 40.4 Å². The lowest BCUT2D eigenvalue weighted by Gasteiger charge is -2.15. The lowest BCUT2D eigenvalue weighted by molar-refractivity contribution is 0.235. The van der Waals surface area contributed by atoms with Gasteiger partial charge in [0, 0.05) is 31.2 Å². The molecule has 0 fully saturated rings. The molecule has 0 radical (unpaired) electrons. The molecule has 3 heterocycles. The van der Waals surface area contributed by atoms with Crippen molar-refractivity contribution < 1.29 is 4.74 Å². The van der Waals surface area contributed by atoms with Crippen LogP contribution in [0.1, 0.15) is 11.3 Å². The predicted molar refractivity (Wildman–Crippen MR) is 111 cm³/mol. The summed E-state index contributed by atoms with van der Waals surface area (Å²) in [5.74, 6) is 1.75. The number of aromatic nitrogens is 2. The summed E-state index contributed by atoms with van der Waals surface area (Å²) in [5, 5.41) is 8.65. The van der Waals surface area contributed by atoms with Crippen LogP contribution in [0.3, 0.4) is 0 Å². The van der Waals surface area contributed by atoms with Gasteiger partial charge in [-0.1, -0.05) is 18.2 Å². The fraction of sp³-hybridized carbons (Fsp3) is 0.294. The molecule has 1 aromatic carbocycles. The standard InChI is InChI=1S/C17H19N5OS.HI/c1-18-16(19-9-13-11-22-6-7-24-17(22)21-13)20-10-14-8-12-4-2-3-5-15(12)23-14;/h2-7,11,14H,8-10H2,1H3,(H2,18,19,20);1H. The number of guanidine groups is 1. The molecule has 0 spiro atoms. The highest BCUT2D eigenvalue weighted by Gasteiger charge is 2.22. The van der Waals surface area contributed by atoms with Crippen LogP contribution in [0, 0.1) is 0 Å². The van der Waals surface area contributed by atoms with E-state index in [1.54, 1.807) is 18.4 Å². The summed E-state index contributed by atoms with van der Waals surface area (Å²) in [6, 6.07) is 8.19. The van der Waals surface area contributed by atoms with Crippen molar-refractivity contribution in [2.75, 3.05) is 13.6 Å². The van der Waals surface area contributed by atoms with Crippen molar-refractivity contribution in [3.8, 4) is 5.75 Å². The first-order valence-corrected chi connectivity index (χ1v) is 8.80. The minimum atomic E-state index is 0. The van der Waals surface area contributed by atoms with Crippen LogP contribution in [0.5, 0.6) is 5.75 Å². The lowest BCUT2D eigenvalue weighted by atomic mass is 10.1. The number of nitrogens with zero attached hydrogens (tertiary/aromatic N) is 3. The molecule has 6 nitrogen and oxygen atoms in total. The third-order valence-electron chi connectivity index (χ3n) is 4.01. The molecule has 0 aliphatic carbocycles. The molecule has 0 bridgehead atoms. The Labute approximate surface area is 167 Å². The predicted octanol–water partition coefficient (Wildman–Crippen LogP) is 2.68. The normalized spacial score (nSPS) is 16.2. The maximum absolute atomic E-state index is 5.93. The van der Waals surface area contributed by atoms with Gasteiger partial charge in [-0.25, -0.2) is 4.98 Å². The van der Waals surface area contributed by atoms with Gasteiger partial charge in [0.05, 0.1) is 18.8 Å². The first kappa shape index (κ1) is 18.0. The number of aliphatic imine (C=N–C) groups is 1. The van der Waals surface area contributed by atoms with Crippen LogP contribution >= 0.6 is 35.3 Å². The second-order valence-electron chi connectivity index (χ2n) is 5.68. The number of para-hydroxylation sites is 1. The first-order chi connectivity index (χ1) is 11.8. The van der Waals surface area contributed by atoms with Crippen molar-refractivity contribution in [1.82, 2.24) is 20.0 Å². The molecule has 0 amide bonds. The molecule has 8 heteroatoms. The van der Waals surface area contributed by atoms with E-state index in [1.165, 1.54) is 5.56 Å². The van der Waals surface area contributed by atoms with Gasteiger partial charge in [-0.05, 0) is 11.6 Å². The Kier molecular flexibility index (Phi) is 5.79. The largest absolute Gasteiger partial charge is 0.488 e. The molecular weight excluding hydrogens is 449 g/mol. The summed E-state index contributed by atoms with van der Waals surface area (Å²) in [6.07, 6.45) is 5.11. The Morgan fingerprint density at radius 3 is 3.08 bits per heavy atom. The van der Waals surface area contributed by atoms with Gasteiger partial charge in [-0.15, -0.1) is 35.3 Å². The van der Waals surface area contributed by atoms with E-state index in [4.69, 9.17) is 4.74 Å². The number of rotatable bonds is 4. The second-order valence-corrected chi connectivity index (χ2v) is 6.56. The number of ether oxygens (including phenoxy) is 1. The Hall–Kier alpha value is -1.81. The fourth-order valence-corrected chi connectivity index (χ4v) is 3.55. The van der Waals surface area contributed by atoms with Gasteiger partial charge in [0.1, 0.15) is 11.9 Å². The zero-order valence-corrected chi connectivity index (χ0v) is 17.0. The summed E-state index contributed by atoms with van der Waals surface area (Å²) in [7, 11) is 1.77. The van der Waals surface area contributed by atoms with Gasteiger partial charge in [0.15, 0.2) is 10.9 Å². The smallest absolute Gasteiger partial charge is 0.193 e. The van der Waals surface area contributed by atoms with Crippen LogP contribution in [0.25, 0.3) is 4.96 Å². The van der Waals surface area contributed by atoms with Crippen LogP contribution < -0.4 is 15.4 Å². The number of hydrogen-bond donors (Lipinski definition) is 2. The molecule has 25 heavy (non-hydrogen) atoms. The number of fused-ring (bicyclic) bond motifs is 2. The van der Waals surface area contributed by atoms with Crippen molar-refractivity contribution in [1.29, 1.82) is 0 Å². The number of hydrogen-bond acceptors (Lipinski definition) is 4. The average Bonchev–Trinajstić information content (AvgIpc) is 3.28. The van der Waals surface area contributed by atoms with E-state index in [0.717, 1.165) is 28.8 Å². The molecule has 0 saturated carbocycles. The summed E-state index contributed by atoms with van der Waals surface area (Å²) in [6.45, 7) is 1.35. The Morgan fingerprint density at radius 1 is 1.40 bits per heavy atom. The van der Waals surface area contributed by atoms with Crippen LogP contribution in [0.15, 0.2) is 47.0 Å². The number of imidazole rings is 1. The molecule has 2 aromatic heterocycles. The van der Waals surface area contributed by atoms with E-state index >= 15 is 0 Å². The van der Waals surface area contributed by atoms with Crippen molar-refractivity contribution >= 4 is 46.2 Å². The molecular formula is C17H20IN5OS. The van der Waals surface area contributed by atoms with E-state index in [-0.39, 0.29) is 30.1 Å². The highest BCUT2D eigenvalue weighted by molar-refractivity contribution is 14.0. The van der Waals surface area contributed by atoms with Gasteiger partial charge >= 0.3 is 0 Å². The summed E-state index contributed by atoms with van der Waals surface area (Å²) < 4.78 is 7.96. The quantitative estimate of drug-likeness (QED) is 0.351. The molecule has 1 atom stereocenters. The number of halogens is 1. The van der Waals surface area contributed by atoms with Crippen LogP contribution in [0.2, 0.25) is 0 Å². The first-order valence-electron chi connectivity index (χ1n) is 7.92. The van der Waals surface area contributed by atoms with Gasteiger partial charge in [0.25, 0.3) is 0 Å². The SMILES string of the molecule is CN=C(NCc1cn2ccsc2n1)NCC1Cc2ccccc2O1.I. The minimum absolute atomic E-state index is 0. The van der Waals surface area contributed by atoms with Gasteiger partial charge in [-0.2, -0.15) is 0 Å². The molecule has 132 valence electrons. The van der Waals surface area contributed by atoms with Crippen molar-refractivity contribution in [3.63, 3.8) is 0 Å². The maximum atomic E-state index is 5.93.